The van der Waals surface area contributed by atoms with Crippen LogP contribution < -0.4 is 0 Å². The smallest absolute Gasteiger partial charge is 0.142 e. The maximum Gasteiger partial charge on any atom is 0.142 e. The predicted molar refractivity (Wildman–Crippen MR) is 130 cm³/mol. The minimum Gasteiger partial charge on any atom is -0.299 e. The van der Waals surface area contributed by atoms with Crippen LogP contribution in [0.5, 0.6) is 0 Å². The second kappa shape index (κ2) is 6.29. The first kappa shape index (κ1) is 22.2. The van der Waals surface area contributed by atoms with Crippen LogP contribution in [0.25, 0.3) is 0 Å². The molecule has 5 aliphatic carbocycles. The van der Waals surface area contributed by atoms with Gasteiger partial charge in [0, 0.05) is 11.8 Å². The molecule has 174 valence electrons. The van der Waals surface area contributed by atoms with Crippen molar-refractivity contribution in [3.8, 4) is 0 Å². The summed E-state index contributed by atoms with van der Waals surface area (Å²) in [5.41, 5.74) is 5.32. The lowest BCUT2D eigenvalue weighted by atomic mass is 9.32. The van der Waals surface area contributed by atoms with E-state index in [-0.39, 0.29) is 5.41 Å². The Kier molecular flexibility index (Phi) is 4.51. The van der Waals surface area contributed by atoms with Gasteiger partial charge in [-0.1, -0.05) is 52.7 Å². The van der Waals surface area contributed by atoms with Crippen LogP contribution >= 0.6 is 0 Å². The molecule has 0 saturated heterocycles. The van der Waals surface area contributed by atoms with E-state index in [2.05, 4.69) is 55.4 Å². The Balaban J connectivity index is 1.58. The lowest BCUT2D eigenvalue weighted by molar-refractivity contribution is -0.217. The summed E-state index contributed by atoms with van der Waals surface area (Å²) in [4.78, 5) is 12.8. The third-order valence-electron chi connectivity index (χ3n) is 12.8. The molecule has 0 N–H and O–H groups in total. The monoisotopic (exact) mass is 424 g/mol. The molecule has 3 fully saturated rings. The molecule has 3 saturated carbocycles. The Hall–Kier alpha value is -0.590. The van der Waals surface area contributed by atoms with Gasteiger partial charge in [-0.05, 0) is 117 Å². The quantitative estimate of drug-likeness (QED) is 0.356. The van der Waals surface area contributed by atoms with Crippen LogP contribution in [-0.2, 0) is 4.79 Å². The molecule has 0 amide bonds. The number of carbonyl (C=O) groups excluding carboxylic acids is 1. The zero-order valence-electron chi connectivity index (χ0n) is 21.8. The summed E-state index contributed by atoms with van der Waals surface area (Å²) in [6, 6.07) is 0. The van der Waals surface area contributed by atoms with Crippen molar-refractivity contribution in [2.45, 2.75) is 126 Å². The molecule has 0 aliphatic heterocycles. The van der Waals surface area contributed by atoms with Crippen LogP contribution in [0, 0.1) is 44.3 Å². The standard InChI is InChI=1S/C30H48O/c1-25(2)13-14-27(5)15-17-29(7)22-11-9-20-21(10-12-24(31)26(20,3)4)28(22,6)16-18-30(29,8)23(27)19-25/h22-23H,9-19H2,1-8H3/t22-,23+,27+,28-,29+,30-/m0/s1. The van der Waals surface area contributed by atoms with Crippen molar-refractivity contribution < 1.29 is 4.79 Å². The van der Waals surface area contributed by atoms with Gasteiger partial charge < -0.3 is 0 Å². The first-order valence-corrected chi connectivity index (χ1v) is 13.5. The molecule has 1 heteroatoms. The number of fused-ring (bicyclic) bond motifs is 6. The number of rotatable bonds is 0. The van der Waals surface area contributed by atoms with Crippen molar-refractivity contribution in [2.75, 3.05) is 0 Å². The van der Waals surface area contributed by atoms with Crippen molar-refractivity contribution in [3.05, 3.63) is 11.1 Å². The summed E-state index contributed by atoms with van der Waals surface area (Å²) < 4.78 is 0. The van der Waals surface area contributed by atoms with Crippen molar-refractivity contribution in [2.24, 2.45) is 44.3 Å². The van der Waals surface area contributed by atoms with E-state index in [0.29, 0.717) is 32.9 Å². The Bertz CT molecular complexity index is 844. The molecule has 0 aromatic heterocycles. The fraction of sp³-hybridized carbons (Fsp3) is 0.900. The van der Waals surface area contributed by atoms with Gasteiger partial charge in [-0.15, -0.1) is 0 Å². The molecule has 0 heterocycles. The van der Waals surface area contributed by atoms with E-state index in [1.54, 1.807) is 11.1 Å². The summed E-state index contributed by atoms with van der Waals surface area (Å²) in [6.07, 6.45) is 14.2. The number of hydrogen-bond donors (Lipinski definition) is 0. The number of ketones is 1. The van der Waals surface area contributed by atoms with E-state index in [4.69, 9.17) is 0 Å². The molecular formula is C30H48O. The van der Waals surface area contributed by atoms with E-state index < -0.39 is 0 Å². The van der Waals surface area contributed by atoms with Crippen LogP contribution in [0.1, 0.15) is 126 Å². The number of allylic oxidation sites excluding steroid dienone is 2. The van der Waals surface area contributed by atoms with Crippen molar-refractivity contribution in [3.63, 3.8) is 0 Å². The first-order chi connectivity index (χ1) is 14.2. The van der Waals surface area contributed by atoms with Gasteiger partial charge in [0.25, 0.3) is 0 Å². The molecule has 0 radical (unpaired) electrons. The Labute approximate surface area is 192 Å². The molecule has 0 aromatic carbocycles. The van der Waals surface area contributed by atoms with Gasteiger partial charge in [-0.2, -0.15) is 0 Å². The summed E-state index contributed by atoms with van der Waals surface area (Å²) >= 11 is 0. The van der Waals surface area contributed by atoms with E-state index in [1.165, 1.54) is 57.8 Å². The summed E-state index contributed by atoms with van der Waals surface area (Å²) in [7, 11) is 0. The average molecular weight is 425 g/mol. The highest BCUT2D eigenvalue weighted by Gasteiger charge is 2.68. The van der Waals surface area contributed by atoms with Gasteiger partial charge >= 0.3 is 0 Å². The lowest BCUT2D eigenvalue weighted by Gasteiger charge is -2.72. The molecule has 1 nitrogen and oxygen atoms in total. The maximum atomic E-state index is 12.8. The summed E-state index contributed by atoms with van der Waals surface area (Å²) in [5.74, 6) is 2.14. The van der Waals surface area contributed by atoms with E-state index in [0.717, 1.165) is 24.7 Å². The number of carbonyl (C=O) groups is 1. The normalized spacial score (nSPS) is 50.8. The van der Waals surface area contributed by atoms with E-state index in [1.807, 2.05) is 0 Å². The molecule has 31 heavy (non-hydrogen) atoms. The van der Waals surface area contributed by atoms with Crippen LogP contribution in [-0.4, -0.2) is 5.78 Å². The zero-order valence-corrected chi connectivity index (χ0v) is 21.8. The Morgan fingerprint density at radius 3 is 1.97 bits per heavy atom. The fourth-order valence-electron chi connectivity index (χ4n) is 10.3. The highest BCUT2D eigenvalue weighted by molar-refractivity contribution is 5.89. The van der Waals surface area contributed by atoms with Crippen LogP contribution in [0.3, 0.4) is 0 Å². The van der Waals surface area contributed by atoms with Gasteiger partial charge in [0.2, 0.25) is 0 Å². The molecule has 0 spiro atoms. The van der Waals surface area contributed by atoms with E-state index >= 15 is 0 Å². The Morgan fingerprint density at radius 1 is 0.645 bits per heavy atom. The minimum absolute atomic E-state index is 0.220. The van der Waals surface area contributed by atoms with E-state index in [9.17, 15) is 4.79 Å². The molecule has 5 aliphatic rings. The second-order valence-electron chi connectivity index (χ2n) is 14.9. The van der Waals surface area contributed by atoms with Gasteiger partial charge in [-0.3, -0.25) is 4.79 Å². The Morgan fingerprint density at radius 2 is 1.26 bits per heavy atom. The van der Waals surface area contributed by atoms with Crippen LogP contribution in [0.2, 0.25) is 0 Å². The fourth-order valence-corrected chi connectivity index (χ4v) is 10.3. The number of hydrogen-bond acceptors (Lipinski definition) is 1. The van der Waals surface area contributed by atoms with Crippen LogP contribution in [0.15, 0.2) is 11.1 Å². The van der Waals surface area contributed by atoms with Gasteiger partial charge in [0.05, 0.1) is 0 Å². The lowest BCUT2D eigenvalue weighted by Crippen LogP contribution is -2.64. The van der Waals surface area contributed by atoms with Crippen molar-refractivity contribution in [1.82, 2.24) is 0 Å². The number of Topliss-reactive ketones (excluding diaryl/α,β-unsaturated/α-hetero) is 1. The summed E-state index contributed by atoms with van der Waals surface area (Å²) in [5, 5.41) is 0. The SMILES string of the molecule is CC1(C)CC[C@]2(C)CC[C@]3(C)[C@H]4CCC5=C(CCC(=O)C5(C)C)[C@]4(C)CC[C@@]3(C)[C@@H]2C1. The molecular weight excluding hydrogens is 376 g/mol. The van der Waals surface area contributed by atoms with Gasteiger partial charge in [0.1, 0.15) is 5.78 Å². The average Bonchev–Trinajstić information content (AvgIpc) is 2.68. The van der Waals surface area contributed by atoms with Crippen molar-refractivity contribution >= 4 is 5.78 Å². The predicted octanol–water partition coefficient (Wildman–Crippen LogP) is 8.52. The topological polar surface area (TPSA) is 17.1 Å². The summed E-state index contributed by atoms with van der Waals surface area (Å²) in [6.45, 7) is 20.2. The van der Waals surface area contributed by atoms with Crippen molar-refractivity contribution in [1.29, 1.82) is 0 Å². The molecule has 5 rings (SSSR count). The maximum absolute atomic E-state index is 12.8. The molecule has 0 aromatic rings. The highest BCUT2D eigenvalue weighted by atomic mass is 16.1. The third-order valence-corrected chi connectivity index (χ3v) is 12.8. The molecule has 0 bridgehead atoms. The second-order valence-corrected chi connectivity index (χ2v) is 14.9. The largest absolute Gasteiger partial charge is 0.299 e. The third kappa shape index (κ3) is 2.70. The minimum atomic E-state index is -0.220. The molecule has 0 unspecified atom stereocenters. The van der Waals surface area contributed by atoms with Gasteiger partial charge in [-0.25, -0.2) is 0 Å². The highest BCUT2D eigenvalue weighted by Crippen LogP contribution is 2.76. The zero-order chi connectivity index (χ0) is 22.7. The first-order valence-electron chi connectivity index (χ1n) is 13.5. The van der Waals surface area contributed by atoms with Gasteiger partial charge in [0.15, 0.2) is 0 Å². The molecule has 6 atom stereocenters. The van der Waals surface area contributed by atoms with Crippen LogP contribution in [0.4, 0.5) is 0 Å².